The number of aromatic nitrogens is 3. The van der Waals surface area contributed by atoms with Crippen LogP contribution >= 0.6 is 11.6 Å². The van der Waals surface area contributed by atoms with Gasteiger partial charge in [-0.3, -0.25) is 9.78 Å². The summed E-state index contributed by atoms with van der Waals surface area (Å²) in [5.74, 6) is 1.01. The van der Waals surface area contributed by atoms with Crippen LogP contribution in [0.3, 0.4) is 0 Å². The Labute approximate surface area is 166 Å². The number of rotatable bonds is 5. The van der Waals surface area contributed by atoms with Crippen molar-refractivity contribution in [1.82, 2.24) is 14.5 Å². The maximum atomic E-state index is 12.8. The lowest BCUT2D eigenvalue weighted by atomic mass is 10.2. The van der Waals surface area contributed by atoms with E-state index < -0.39 is 0 Å². The van der Waals surface area contributed by atoms with Gasteiger partial charge >= 0.3 is 0 Å². The lowest BCUT2D eigenvalue weighted by Gasteiger charge is -2.12. The third-order valence-corrected chi connectivity index (χ3v) is 4.55. The molecule has 2 aromatic heterocycles. The minimum Gasteiger partial charge on any atom is -0.495 e. The Morgan fingerprint density at radius 1 is 1.18 bits per heavy atom. The largest absolute Gasteiger partial charge is 0.495 e. The second-order valence-corrected chi connectivity index (χ2v) is 6.58. The molecule has 140 valence electrons. The molecule has 0 aliphatic heterocycles. The molecule has 4 aromatic rings. The SMILES string of the molecule is COc1ccc(Cl)cc1NC(=O)Cn1c(-c2cccnc2)nc2ccccc21. The molecular weight excluding hydrogens is 376 g/mol. The number of para-hydroxylation sites is 2. The van der Waals surface area contributed by atoms with E-state index in [9.17, 15) is 4.79 Å². The van der Waals surface area contributed by atoms with Crippen LogP contribution in [0, 0.1) is 0 Å². The highest BCUT2D eigenvalue weighted by Gasteiger charge is 2.16. The molecule has 0 fully saturated rings. The molecule has 28 heavy (non-hydrogen) atoms. The molecule has 4 rings (SSSR count). The van der Waals surface area contributed by atoms with Gasteiger partial charge < -0.3 is 14.6 Å². The maximum Gasteiger partial charge on any atom is 0.244 e. The number of methoxy groups -OCH3 is 1. The monoisotopic (exact) mass is 392 g/mol. The van der Waals surface area contributed by atoms with E-state index in [1.807, 2.05) is 41.0 Å². The van der Waals surface area contributed by atoms with E-state index in [4.69, 9.17) is 16.3 Å². The first-order valence-corrected chi connectivity index (χ1v) is 9.02. The predicted molar refractivity (Wildman–Crippen MR) is 110 cm³/mol. The number of carbonyl (C=O) groups is 1. The number of hydrogen-bond acceptors (Lipinski definition) is 4. The van der Waals surface area contributed by atoms with Crippen molar-refractivity contribution in [2.24, 2.45) is 0 Å². The van der Waals surface area contributed by atoms with Crippen LogP contribution in [0.2, 0.25) is 5.02 Å². The summed E-state index contributed by atoms with van der Waals surface area (Å²) < 4.78 is 7.17. The Kier molecular flexibility index (Phi) is 4.95. The van der Waals surface area contributed by atoms with E-state index in [1.54, 1.807) is 37.7 Å². The Hall–Kier alpha value is -3.38. The summed E-state index contributed by atoms with van der Waals surface area (Å²) in [6.07, 6.45) is 3.43. The first-order valence-electron chi connectivity index (χ1n) is 8.65. The van der Waals surface area contributed by atoms with Gasteiger partial charge in [0.1, 0.15) is 18.1 Å². The number of amides is 1. The number of pyridine rings is 1. The zero-order valence-corrected chi connectivity index (χ0v) is 15.8. The molecule has 0 unspecified atom stereocenters. The van der Waals surface area contributed by atoms with Gasteiger partial charge in [0.25, 0.3) is 0 Å². The predicted octanol–water partition coefficient (Wildman–Crippen LogP) is 4.40. The molecule has 1 N–H and O–H groups in total. The summed E-state index contributed by atoms with van der Waals surface area (Å²) in [6, 6.07) is 16.5. The standard InChI is InChI=1S/C21H17ClN4O2/c1-28-19-9-8-15(22)11-17(19)24-20(27)13-26-18-7-3-2-6-16(18)25-21(26)14-5-4-10-23-12-14/h2-12H,13H2,1H3,(H,24,27). The highest BCUT2D eigenvalue weighted by molar-refractivity contribution is 6.31. The fraction of sp³-hybridized carbons (Fsp3) is 0.0952. The molecule has 0 aliphatic carbocycles. The highest BCUT2D eigenvalue weighted by Crippen LogP contribution is 2.28. The molecule has 6 nitrogen and oxygen atoms in total. The molecule has 0 aliphatic rings. The van der Waals surface area contributed by atoms with Crippen molar-refractivity contribution in [3.8, 4) is 17.1 Å². The molecule has 1 amide bonds. The van der Waals surface area contributed by atoms with Crippen molar-refractivity contribution in [3.05, 3.63) is 72.0 Å². The van der Waals surface area contributed by atoms with E-state index in [1.165, 1.54) is 0 Å². The van der Waals surface area contributed by atoms with E-state index in [0.29, 0.717) is 22.3 Å². The Morgan fingerprint density at radius 2 is 2.04 bits per heavy atom. The van der Waals surface area contributed by atoms with Crippen LogP contribution < -0.4 is 10.1 Å². The van der Waals surface area contributed by atoms with E-state index in [-0.39, 0.29) is 12.5 Å². The van der Waals surface area contributed by atoms with Crippen LogP contribution in [-0.4, -0.2) is 27.6 Å². The second-order valence-electron chi connectivity index (χ2n) is 6.14. The van der Waals surface area contributed by atoms with Gasteiger partial charge in [0.2, 0.25) is 5.91 Å². The summed E-state index contributed by atoms with van der Waals surface area (Å²) in [5, 5.41) is 3.39. The van der Waals surface area contributed by atoms with Gasteiger partial charge in [-0.05, 0) is 42.5 Å². The Morgan fingerprint density at radius 3 is 2.82 bits per heavy atom. The first kappa shape index (κ1) is 18.0. The Bertz CT molecular complexity index is 1140. The zero-order chi connectivity index (χ0) is 19.5. The molecule has 0 radical (unpaired) electrons. The van der Waals surface area contributed by atoms with Crippen LogP contribution in [0.1, 0.15) is 0 Å². The molecular formula is C21H17ClN4O2. The van der Waals surface area contributed by atoms with Gasteiger partial charge in [0, 0.05) is 23.0 Å². The van der Waals surface area contributed by atoms with Crippen LogP contribution in [0.4, 0.5) is 5.69 Å². The minimum absolute atomic E-state index is 0.0837. The number of halogens is 1. The molecule has 0 atom stereocenters. The number of ether oxygens (including phenoxy) is 1. The normalized spacial score (nSPS) is 10.8. The first-order chi connectivity index (χ1) is 13.7. The second kappa shape index (κ2) is 7.70. The minimum atomic E-state index is -0.214. The summed E-state index contributed by atoms with van der Waals surface area (Å²) in [7, 11) is 1.54. The van der Waals surface area contributed by atoms with Gasteiger partial charge in [-0.2, -0.15) is 0 Å². The average Bonchev–Trinajstić information content (AvgIpc) is 3.07. The molecule has 7 heteroatoms. The molecule has 0 spiro atoms. The molecule has 0 saturated carbocycles. The van der Waals surface area contributed by atoms with Crippen LogP contribution in [0.5, 0.6) is 5.75 Å². The van der Waals surface area contributed by atoms with Crippen molar-refractivity contribution in [2.45, 2.75) is 6.54 Å². The fourth-order valence-electron chi connectivity index (χ4n) is 3.06. The number of carbonyl (C=O) groups excluding carboxylic acids is 1. The third kappa shape index (κ3) is 3.54. The molecule has 0 saturated heterocycles. The number of nitrogens with zero attached hydrogens (tertiary/aromatic N) is 3. The van der Waals surface area contributed by atoms with Crippen LogP contribution in [-0.2, 0) is 11.3 Å². The van der Waals surface area contributed by atoms with E-state index in [2.05, 4.69) is 15.3 Å². The summed E-state index contributed by atoms with van der Waals surface area (Å²) in [4.78, 5) is 21.7. The third-order valence-electron chi connectivity index (χ3n) is 4.31. The zero-order valence-electron chi connectivity index (χ0n) is 15.1. The van der Waals surface area contributed by atoms with Gasteiger partial charge in [-0.1, -0.05) is 23.7 Å². The summed E-state index contributed by atoms with van der Waals surface area (Å²) >= 11 is 6.05. The van der Waals surface area contributed by atoms with Gasteiger partial charge in [0.05, 0.1) is 23.8 Å². The lowest BCUT2D eigenvalue weighted by Crippen LogP contribution is -2.19. The Balaban J connectivity index is 1.70. The smallest absolute Gasteiger partial charge is 0.244 e. The van der Waals surface area contributed by atoms with E-state index in [0.717, 1.165) is 16.6 Å². The highest BCUT2D eigenvalue weighted by atomic mass is 35.5. The quantitative estimate of drug-likeness (QED) is 0.546. The number of imidazole rings is 1. The molecule has 2 aromatic carbocycles. The summed E-state index contributed by atoms with van der Waals surface area (Å²) in [6.45, 7) is 0.0837. The number of fused-ring (bicyclic) bond motifs is 1. The number of anilines is 1. The summed E-state index contributed by atoms with van der Waals surface area (Å²) in [5.41, 5.74) is 3.04. The van der Waals surface area contributed by atoms with Crippen molar-refractivity contribution < 1.29 is 9.53 Å². The van der Waals surface area contributed by atoms with Crippen molar-refractivity contribution in [1.29, 1.82) is 0 Å². The van der Waals surface area contributed by atoms with Gasteiger partial charge in [-0.15, -0.1) is 0 Å². The van der Waals surface area contributed by atoms with Crippen LogP contribution in [0.25, 0.3) is 22.4 Å². The van der Waals surface area contributed by atoms with Crippen molar-refractivity contribution >= 4 is 34.2 Å². The molecule has 2 heterocycles. The number of benzene rings is 2. The number of nitrogens with one attached hydrogen (secondary N) is 1. The van der Waals surface area contributed by atoms with E-state index >= 15 is 0 Å². The molecule has 0 bridgehead atoms. The van der Waals surface area contributed by atoms with Crippen LogP contribution in [0.15, 0.2) is 67.0 Å². The topological polar surface area (TPSA) is 69.0 Å². The lowest BCUT2D eigenvalue weighted by molar-refractivity contribution is -0.116. The van der Waals surface area contributed by atoms with Gasteiger partial charge in [0.15, 0.2) is 0 Å². The number of hydrogen-bond donors (Lipinski definition) is 1. The average molecular weight is 393 g/mol. The fourth-order valence-corrected chi connectivity index (χ4v) is 3.23. The van der Waals surface area contributed by atoms with Gasteiger partial charge in [-0.25, -0.2) is 4.98 Å². The van der Waals surface area contributed by atoms with Crippen molar-refractivity contribution in [3.63, 3.8) is 0 Å². The van der Waals surface area contributed by atoms with Crippen molar-refractivity contribution in [2.75, 3.05) is 12.4 Å². The maximum absolute atomic E-state index is 12.8.